The summed E-state index contributed by atoms with van der Waals surface area (Å²) in [6.07, 6.45) is 0.239. The number of carbonyl (C=O) groups is 3. The Labute approximate surface area is 105 Å². The van der Waals surface area contributed by atoms with Gasteiger partial charge < -0.3 is 20.4 Å². The molecule has 1 heterocycles. The van der Waals surface area contributed by atoms with E-state index in [0.29, 0.717) is 12.5 Å². The molecule has 0 aromatic carbocycles. The van der Waals surface area contributed by atoms with Crippen LogP contribution in [0.15, 0.2) is 0 Å². The molecule has 3 atom stereocenters. The van der Waals surface area contributed by atoms with Gasteiger partial charge in [-0.3, -0.25) is 4.79 Å². The highest BCUT2D eigenvalue weighted by molar-refractivity contribution is 5.86. The van der Waals surface area contributed by atoms with E-state index in [0.717, 1.165) is 6.42 Å². The maximum atomic E-state index is 11.9. The van der Waals surface area contributed by atoms with Crippen LogP contribution < -0.4 is 5.32 Å². The molecule has 7 nitrogen and oxygen atoms in total. The molecule has 0 aromatic heterocycles. The first kappa shape index (κ1) is 14.3. The average Bonchev–Trinajstić information content (AvgIpc) is 2.56. The van der Waals surface area contributed by atoms with Crippen LogP contribution in [0.3, 0.4) is 0 Å². The number of carboxylic acids is 2. The number of urea groups is 1. The van der Waals surface area contributed by atoms with E-state index < -0.39 is 30.4 Å². The largest absolute Gasteiger partial charge is 0.481 e. The topological polar surface area (TPSA) is 107 Å². The van der Waals surface area contributed by atoms with Crippen LogP contribution >= 0.6 is 0 Å². The van der Waals surface area contributed by atoms with Crippen LogP contribution in [0.25, 0.3) is 0 Å². The first-order valence-electron chi connectivity index (χ1n) is 5.83. The summed E-state index contributed by atoms with van der Waals surface area (Å²) in [5.74, 6) is -2.23. The number of hydrogen-bond donors (Lipinski definition) is 3. The summed E-state index contributed by atoms with van der Waals surface area (Å²) in [4.78, 5) is 34.7. The highest BCUT2D eigenvalue weighted by atomic mass is 16.4. The van der Waals surface area contributed by atoms with Crippen molar-refractivity contribution in [3.8, 4) is 0 Å². The maximum absolute atomic E-state index is 11.9. The van der Waals surface area contributed by atoms with Crippen LogP contribution in [0, 0.1) is 5.92 Å². The minimum atomic E-state index is -1.39. The quantitative estimate of drug-likeness (QED) is 0.674. The normalized spacial score (nSPS) is 24.7. The first-order chi connectivity index (χ1) is 8.31. The third-order valence-electron chi connectivity index (χ3n) is 3.02. The predicted molar refractivity (Wildman–Crippen MR) is 62.2 cm³/mol. The fourth-order valence-corrected chi connectivity index (χ4v) is 2.19. The molecule has 0 aliphatic carbocycles. The smallest absolute Gasteiger partial charge is 0.326 e. The predicted octanol–water partition coefficient (Wildman–Crippen LogP) is 0.354. The van der Waals surface area contributed by atoms with Gasteiger partial charge in [-0.05, 0) is 19.3 Å². The van der Waals surface area contributed by atoms with Crippen LogP contribution in [-0.4, -0.2) is 51.7 Å². The number of amides is 2. The molecular weight excluding hydrogens is 240 g/mol. The van der Waals surface area contributed by atoms with Crippen molar-refractivity contribution < 1.29 is 24.6 Å². The summed E-state index contributed by atoms with van der Waals surface area (Å²) in [6.45, 7) is 4.46. The lowest BCUT2D eigenvalue weighted by Gasteiger charge is -2.24. The van der Waals surface area contributed by atoms with Crippen LogP contribution in [0.4, 0.5) is 4.79 Å². The molecule has 0 bridgehead atoms. The summed E-state index contributed by atoms with van der Waals surface area (Å²) < 4.78 is 0. The van der Waals surface area contributed by atoms with Gasteiger partial charge in [-0.15, -0.1) is 0 Å². The second-order valence-electron chi connectivity index (χ2n) is 4.78. The van der Waals surface area contributed by atoms with E-state index in [4.69, 9.17) is 10.2 Å². The van der Waals surface area contributed by atoms with Crippen LogP contribution in [0.1, 0.15) is 26.7 Å². The highest BCUT2D eigenvalue weighted by Crippen LogP contribution is 2.22. The molecule has 3 unspecified atom stereocenters. The number of aliphatic carboxylic acids is 2. The summed E-state index contributed by atoms with van der Waals surface area (Å²) >= 11 is 0. The highest BCUT2D eigenvalue weighted by Gasteiger charge is 2.32. The lowest BCUT2D eigenvalue weighted by atomic mass is 10.1. The summed E-state index contributed by atoms with van der Waals surface area (Å²) in [6, 6.07) is -1.86. The second kappa shape index (κ2) is 5.70. The Balaban J connectivity index is 2.61. The van der Waals surface area contributed by atoms with Gasteiger partial charge in [-0.25, -0.2) is 9.59 Å². The van der Waals surface area contributed by atoms with Crippen LogP contribution in [-0.2, 0) is 9.59 Å². The number of likely N-dealkylation sites (tertiary alicyclic amines) is 1. The van der Waals surface area contributed by atoms with E-state index in [-0.39, 0.29) is 6.04 Å². The Kier molecular flexibility index (Phi) is 4.52. The molecule has 0 saturated carbocycles. The van der Waals surface area contributed by atoms with Crippen molar-refractivity contribution in [1.29, 1.82) is 0 Å². The third kappa shape index (κ3) is 3.61. The van der Waals surface area contributed by atoms with Crippen molar-refractivity contribution in [2.75, 3.05) is 6.54 Å². The fourth-order valence-electron chi connectivity index (χ4n) is 2.19. The maximum Gasteiger partial charge on any atom is 0.326 e. The van der Waals surface area contributed by atoms with E-state index in [1.165, 1.54) is 0 Å². The molecule has 0 aromatic rings. The van der Waals surface area contributed by atoms with Crippen molar-refractivity contribution in [2.45, 2.75) is 38.8 Å². The molecule has 1 rings (SSSR count). The van der Waals surface area contributed by atoms with E-state index in [9.17, 15) is 14.4 Å². The molecule has 18 heavy (non-hydrogen) atoms. The molecular formula is C11H18N2O5. The van der Waals surface area contributed by atoms with Gasteiger partial charge in [0.25, 0.3) is 0 Å². The van der Waals surface area contributed by atoms with Gasteiger partial charge in [-0.1, -0.05) is 6.92 Å². The van der Waals surface area contributed by atoms with Crippen molar-refractivity contribution >= 4 is 18.0 Å². The minimum Gasteiger partial charge on any atom is -0.481 e. The number of nitrogens with one attached hydrogen (secondary N) is 1. The van der Waals surface area contributed by atoms with Crippen molar-refractivity contribution in [3.63, 3.8) is 0 Å². The SMILES string of the molecule is CC1CC(C)N(C(=O)NC(CC(=O)O)C(=O)O)C1. The van der Waals surface area contributed by atoms with Crippen LogP contribution in [0.5, 0.6) is 0 Å². The zero-order valence-electron chi connectivity index (χ0n) is 10.4. The van der Waals surface area contributed by atoms with Crippen LogP contribution in [0.2, 0.25) is 0 Å². The Morgan fingerprint density at radius 2 is 1.94 bits per heavy atom. The lowest BCUT2D eigenvalue weighted by molar-refractivity contribution is -0.145. The van der Waals surface area contributed by atoms with E-state index in [1.54, 1.807) is 4.90 Å². The van der Waals surface area contributed by atoms with Crippen molar-refractivity contribution in [3.05, 3.63) is 0 Å². The summed E-state index contributed by atoms with van der Waals surface area (Å²) in [7, 11) is 0. The van der Waals surface area contributed by atoms with Gasteiger partial charge in [0.15, 0.2) is 0 Å². The molecule has 102 valence electrons. The molecule has 1 aliphatic heterocycles. The molecule has 1 aliphatic rings. The number of nitrogens with zero attached hydrogens (tertiary/aromatic N) is 1. The molecule has 3 N–H and O–H groups in total. The molecule has 7 heteroatoms. The van der Waals surface area contributed by atoms with E-state index >= 15 is 0 Å². The summed E-state index contributed by atoms with van der Waals surface area (Å²) in [5, 5.41) is 19.7. The number of carboxylic acid groups (broad SMARTS) is 2. The average molecular weight is 258 g/mol. The molecule has 0 spiro atoms. The van der Waals surface area contributed by atoms with Gasteiger partial charge in [0, 0.05) is 12.6 Å². The lowest BCUT2D eigenvalue weighted by Crippen LogP contribution is -2.49. The zero-order valence-corrected chi connectivity index (χ0v) is 10.4. The molecule has 1 fully saturated rings. The summed E-state index contributed by atoms with van der Waals surface area (Å²) in [5.41, 5.74) is 0. The fraction of sp³-hybridized carbons (Fsp3) is 0.727. The van der Waals surface area contributed by atoms with Gasteiger partial charge in [-0.2, -0.15) is 0 Å². The Bertz CT molecular complexity index is 357. The number of carbonyl (C=O) groups excluding carboxylic acids is 1. The van der Waals surface area contributed by atoms with Crippen molar-refractivity contribution in [2.24, 2.45) is 5.92 Å². The van der Waals surface area contributed by atoms with E-state index in [1.807, 2.05) is 13.8 Å². The first-order valence-corrected chi connectivity index (χ1v) is 5.83. The van der Waals surface area contributed by atoms with E-state index in [2.05, 4.69) is 5.32 Å². The Morgan fingerprint density at radius 3 is 2.33 bits per heavy atom. The van der Waals surface area contributed by atoms with Gasteiger partial charge in [0.2, 0.25) is 0 Å². The second-order valence-corrected chi connectivity index (χ2v) is 4.78. The monoisotopic (exact) mass is 258 g/mol. The molecule has 1 saturated heterocycles. The van der Waals surface area contributed by atoms with Gasteiger partial charge >= 0.3 is 18.0 Å². The number of rotatable bonds is 4. The standard InChI is InChI=1S/C11H18N2O5/c1-6-3-7(2)13(5-6)11(18)12-8(10(16)17)4-9(14)15/h6-8H,3-5H2,1-2H3,(H,12,18)(H,14,15)(H,16,17). The van der Waals surface area contributed by atoms with Gasteiger partial charge in [0.05, 0.1) is 6.42 Å². The Morgan fingerprint density at radius 1 is 1.33 bits per heavy atom. The zero-order chi connectivity index (χ0) is 13.9. The third-order valence-corrected chi connectivity index (χ3v) is 3.02. The Hall–Kier alpha value is -1.79. The minimum absolute atomic E-state index is 0.0410. The van der Waals surface area contributed by atoms with Crippen molar-refractivity contribution in [1.82, 2.24) is 10.2 Å². The molecule has 2 amide bonds. The number of hydrogen-bond acceptors (Lipinski definition) is 3. The van der Waals surface area contributed by atoms with Gasteiger partial charge in [0.1, 0.15) is 6.04 Å². The molecule has 0 radical (unpaired) electrons.